The largest absolute Gasteiger partial charge is 0.462 e. The van der Waals surface area contributed by atoms with Crippen LogP contribution in [-0.4, -0.2) is 95.4 Å². The lowest BCUT2D eigenvalue weighted by Crippen LogP contribution is -2.58. The first kappa shape index (κ1) is 38.3. The highest BCUT2D eigenvalue weighted by molar-refractivity contribution is 7.91. The summed E-state index contributed by atoms with van der Waals surface area (Å²) in [5, 5.41) is 2.34. The van der Waals surface area contributed by atoms with Gasteiger partial charge in [0.25, 0.3) is 11.8 Å². The summed E-state index contributed by atoms with van der Waals surface area (Å²) in [6, 6.07) is 13.8. The lowest BCUT2D eigenvalue weighted by Gasteiger charge is -2.32. The van der Waals surface area contributed by atoms with Crippen molar-refractivity contribution >= 4 is 39.6 Å². The number of nitrogens with zero attached hydrogens (tertiary/aromatic N) is 3. The molecule has 4 amide bonds. The Morgan fingerprint density at radius 1 is 0.893 bits per heavy atom. The van der Waals surface area contributed by atoms with Crippen molar-refractivity contribution in [3.8, 4) is 11.3 Å². The fraction of sp³-hybridized carbons (Fsp3) is 0.571. The third-order valence-corrected chi connectivity index (χ3v) is 14.5. The Morgan fingerprint density at radius 3 is 2.43 bits per heavy atom. The minimum absolute atomic E-state index is 0.0864. The van der Waals surface area contributed by atoms with Gasteiger partial charge in [-0.15, -0.1) is 0 Å². The van der Waals surface area contributed by atoms with Crippen molar-refractivity contribution in [2.24, 2.45) is 23.7 Å². The average molecular weight is 786 g/mol. The lowest BCUT2D eigenvalue weighted by molar-refractivity contribution is -0.154. The van der Waals surface area contributed by atoms with Gasteiger partial charge in [-0.2, -0.15) is 0 Å². The van der Waals surface area contributed by atoms with Gasteiger partial charge in [-0.25, -0.2) is 13.4 Å². The second kappa shape index (κ2) is 15.7. The summed E-state index contributed by atoms with van der Waals surface area (Å²) in [4.78, 5) is 78.4. The van der Waals surface area contributed by atoms with Gasteiger partial charge in [0, 0.05) is 48.9 Å². The number of benzene rings is 1. The second-order valence-corrected chi connectivity index (χ2v) is 18.6. The predicted molar refractivity (Wildman–Crippen MR) is 206 cm³/mol. The van der Waals surface area contributed by atoms with Crippen LogP contribution in [0.25, 0.3) is 11.3 Å². The Bertz CT molecular complexity index is 2000. The molecule has 1 aromatic heterocycles. The standard InChI is InChI=1S/C42H51N5O8S/c48-36(55-31-16-9-10-17-31)22-28-14-5-2-1-3-8-15-30-23-42(30,41(52)45-56(53,54)32-20-21-32)44-38(49)37-33-26-46(24-29(33)25-47(37)39(28)50)40(51)35-19-11-18-34(43-35)27-12-6-4-7-13-27/h4,6-8,11-13,15,18-19,28-33,37H,1-3,5,9-10,14,16-17,20-26H2,(H,44,49)(H,45,52)/b15-8-/t28-,29+,30-,33+,37+,42-/m1/s1. The Balaban J connectivity index is 1.07. The molecule has 13 nitrogen and oxygen atoms in total. The van der Waals surface area contributed by atoms with E-state index in [-0.39, 0.29) is 55.5 Å². The van der Waals surface area contributed by atoms with Gasteiger partial charge in [-0.3, -0.25) is 28.7 Å². The van der Waals surface area contributed by atoms with Crippen LogP contribution in [-0.2, 0) is 33.9 Å². The summed E-state index contributed by atoms with van der Waals surface area (Å²) in [5.74, 6) is -4.19. The summed E-state index contributed by atoms with van der Waals surface area (Å²) in [5.41, 5.74) is 0.306. The second-order valence-electron chi connectivity index (χ2n) is 16.7. The molecular formula is C42H51N5O8S. The number of rotatable bonds is 8. The number of esters is 1. The molecule has 6 atom stereocenters. The highest BCUT2D eigenvalue weighted by Crippen LogP contribution is 2.47. The third kappa shape index (κ3) is 7.99. The zero-order chi connectivity index (χ0) is 39.0. The molecule has 0 spiro atoms. The van der Waals surface area contributed by atoms with Crippen molar-refractivity contribution in [3.05, 3.63) is 66.4 Å². The molecule has 6 aliphatic rings. The Kier molecular flexibility index (Phi) is 10.8. The molecule has 14 heteroatoms. The van der Waals surface area contributed by atoms with Crippen LogP contribution < -0.4 is 10.0 Å². The molecule has 0 radical (unpaired) electrons. The normalized spacial score (nSPS) is 30.2. The molecule has 5 fully saturated rings. The summed E-state index contributed by atoms with van der Waals surface area (Å²) in [7, 11) is -3.90. The smallest absolute Gasteiger partial charge is 0.306 e. The number of aromatic nitrogens is 1. The molecule has 0 unspecified atom stereocenters. The van der Waals surface area contributed by atoms with E-state index in [2.05, 4.69) is 15.0 Å². The molecule has 2 saturated heterocycles. The molecule has 298 valence electrons. The molecule has 0 bridgehead atoms. The quantitative estimate of drug-likeness (QED) is 0.295. The first-order chi connectivity index (χ1) is 27.0. The number of fused-ring (bicyclic) bond motifs is 4. The van der Waals surface area contributed by atoms with E-state index in [0.717, 1.165) is 50.5 Å². The van der Waals surface area contributed by atoms with Crippen LogP contribution in [0.3, 0.4) is 0 Å². The maximum Gasteiger partial charge on any atom is 0.306 e. The number of sulfonamides is 1. The van der Waals surface area contributed by atoms with E-state index in [0.29, 0.717) is 37.9 Å². The maximum absolute atomic E-state index is 14.7. The minimum Gasteiger partial charge on any atom is -0.462 e. The summed E-state index contributed by atoms with van der Waals surface area (Å²) in [6.45, 7) is 0.657. The zero-order valence-electron chi connectivity index (χ0n) is 31.6. The zero-order valence-corrected chi connectivity index (χ0v) is 32.5. The SMILES string of the molecule is O=C(C[C@H]1CCCCC/C=C\[C@@H]2C[C@@]2(C(=O)NS(=O)(=O)C2CC2)NC(=O)[C@@H]2[C@H]3CN(C(=O)c4cccc(-c5ccccc5)n4)C[C@H]3CN2C1=O)OC1CCCC1. The monoisotopic (exact) mass is 785 g/mol. The molecule has 4 heterocycles. The molecule has 1 aromatic carbocycles. The fourth-order valence-corrected chi connectivity index (χ4v) is 10.7. The number of ether oxygens (including phenoxy) is 1. The summed E-state index contributed by atoms with van der Waals surface area (Å²) < 4.78 is 33.9. The van der Waals surface area contributed by atoms with E-state index in [1.54, 1.807) is 21.9 Å². The van der Waals surface area contributed by atoms with Gasteiger partial charge in [0.1, 0.15) is 23.4 Å². The highest BCUT2D eigenvalue weighted by Gasteiger charge is 2.63. The Morgan fingerprint density at radius 2 is 1.66 bits per heavy atom. The van der Waals surface area contributed by atoms with Crippen LogP contribution in [0.4, 0.5) is 0 Å². The molecule has 3 saturated carbocycles. The van der Waals surface area contributed by atoms with E-state index in [4.69, 9.17) is 4.74 Å². The number of hydrogen-bond donors (Lipinski definition) is 2. The van der Waals surface area contributed by atoms with Crippen LogP contribution in [0.2, 0.25) is 0 Å². The number of carbonyl (C=O) groups excluding carboxylic acids is 5. The van der Waals surface area contributed by atoms with E-state index < -0.39 is 62.4 Å². The number of hydrogen-bond acceptors (Lipinski definition) is 9. The van der Waals surface area contributed by atoms with Gasteiger partial charge in [-0.1, -0.05) is 61.4 Å². The van der Waals surface area contributed by atoms with Crippen LogP contribution >= 0.6 is 0 Å². The maximum atomic E-state index is 14.7. The van der Waals surface area contributed by atoms with Crippen LogP contribution in [0.1, 0.15) is 94.0 Å². The molecule has 8 rings (SSSR count). The Labute approximate surface area is 328 Å². The molecule has 3 aliphatic heterocycles. The number of carbonyl (C=O) groups is 5. The highest BCUT2D eigenvalue weighted by atomic mass is 32.2. The van der Waals surface area contributed by atoms with Gasteiger partial charge in [-0.05, 0) is 76.3 Å². The van der Waals surface area contributed by atoms with Gasteiger partial charge in [0.2, 0.25) is 21.8 Å². The number of likely N-dealkylation sites (tertiary alicyclic amines) is 1. The van der Waals surface area contributed by atoms with E-state index in [9.17, 15) is 32.4 Å². The first-order valence-electron chi connectivity index (χ1n) is 20.4. The van der Waals surface area contributed by atoms with Crippen molar-refractivity contribution in [3.63, 3.8) is 0 Å². The van der Waals surface area contributed by atoms with Gasteiger partial charge >= 0.3 is 5.97 Å². The summed E-state index contributed by atoms with van der Waals surface area (Å²) in [6.07, 6.45) is 12.0. The van der Waals surface area contributed by atoms with E-state index in [1.165, 1.54) is 0 Å². The first-order valence-corrected chi connectivity index (χ1v) is 21.9. The minimum atomic E-state index is -3.90. The van der Waals surface area contributed by atoms with Crippen LogP contribution in [0.5, 0.6) is 0 Å². The molecule has 2 N–H and O–H groups in total. The molecule has 2 aromatic rings. The molecular weight excluding hydrogens is 735 g/mol. The average Bonchev–Trinajstić information content (AvgIpc) is 4.01. The van der Waals surface area contributed by atoms with Crippen molar-refractivity contribution < 1.29 is 37.1 Å². The van der Waals surface area contributed by atoms with Crippen molar-refractivity contribution in [1.29, 1.82) is 0 Å². The Hall–Kier alpha value is -4.59. The van der Waals surface area contributed by atoms with Crippen molar-refractivity contribution in [2.75, 3.05) is 19.6 Å². The third-order valence-electron chi connectivity index (χ3n) is 12.7. The number of allylic oxidation sites excluding steroid dienone is 1. The lowest BCUT2D eigenvalue weighted by atomic mass is 9.92. The van der Waals surface area contributed by atoms with Crippen molar-refractivity contribution in [2.45, 2.75) is 106 Å². The number of nitrogens with one attached hydrogen (secondary N) is 2. The predicted octanol–water partition coefficient (Wildman–Crippen LogP) is 4.14. The fourth-order valence-electron chi connectivity index (χ4n) is 9.30. The van der Waals surface area contributed by atoms with Crippen LogP contribution in [0.15, 0.2) is 60.7 Å². The van der Waals surface area contributed by atoms with Crippen molar-refractivity contribution in [1.82, 2.24) is 24.8 Å². The van der Waals surface area contributed by atoms with Gasteiger partial charge < -0.3 is 19.9 Å². The van der Waals surface area contributed by atoms with Gasteiger partial charge in [0.05, 0.1) is 17.4 Å². The number of amides is 4. The topological polar surface area (TPSA) is 172 Å². The van der Waals surface area contributed by atoms with E-state index in [1.807, 2.05) is 48.6 Å². The van der Waals surface area contributed by atoms with Crippen LogP contribution in [0, 0.1) is 23.7 Å². The molecule has 56 heavy (non-hydrogen) atoms. The van der Waals surface area contributed by atoms with E-state index >= 15 is 0 Å². The van der Waals surface area contributed by atoms with Gasteiger partial charge in [0.15, 0.2) is 0 Å². The summed E-state index contributed by atoms with van der Waals surface area (Å²) >= 11 is 0. The number of pyridine rings is 1. The molecule has 3 aliphatic carbocycles.